The quantitative estimate of drug-likeness (QED) is 0.694. The summed E-state index contributed by atoms with van der Waals surface area (Å²) in [5.41, 5.74) is 0. The first kappa shape index (κ1) is 11.9. The third kappa shape index (κ3) is 3.46. The summed E-state index contributed by atoms with van der Waals surface area (Å²) in [6, 6.07) is 2.48. The third-order valence-electron chi connectivity index (χ3n) is 1.25. The van der Waals surface area contributed by atoms with Gasteiger partial charge in [-0.3, -0.25) is 0 Å². The molecule has 0 saturated carbocycles. The number of sulfonamides is 1. The summed E-state index contributed by atoms with van der Waals surface area (Å²) >= 11 is 0. The van der Waals surface area contributed by atoms with Crippen molar-refractivity contribution in [2.24, 2.45) is 5.14 Å². The molecule has 0 aliphatic rings. The molecule has 1 heterocycles. The minimum absolute atomic E-state index is 0.414. The van der Waals surface area contributed by atoms with Gasteiger partial charge in [-0.25, -0.2) is 18.5 Å². The zero-order valence-corrected chi connectivity index (χ0v) is 9.25. The van der Waals surface area contributed by atoms with E-state index in [-0.39, 0.29) is 0 Å². The van der Waals surface area contributed by atoms with Crippen molar-refractivity contribution in [3.63, 3.8) is 0 Å². The molecule has 0 saturated heterocycles. The van der Waals surface area contributed by atoms with Gasteiger partial charge in [-0.15, -0.1) is 0 Å². The highest BCUT2D eigenvalue weighted by Crippen LogP contribution is 2.20. The number of rotatable bonds is 3. The van der Waals surface area contributed by atoms with Gasteiger partial charge in [-0.05, 0) is 12.1 Å². The van der Waals surface area contributed by atoms with Crippen molar-refractivity contribution in [3.05, 3.63) is 18.3 Å². The Bertz CT molecular complexity index is 563. The van der Waals surface area contributed by atoms with Crippen LogP contribution in [0.1, 0.15) is 0 Å². The summed E-state index contributed by atoms with van der Waals surface area (Å²) < 4.78 is 48.0. The molecule has 0 atom stereocenters. The van der Waals surface area contributed by atoms with Crippen LogP contribution >= 0.6 is 0 Å². The Morgan fingerprint density at radius 3 is 2.40 bits per heavy atom. The van der Waals surface area contributed by atoms with Crippen LogP contribution in [0.5, 0.6) is 5.75 Å². The van der Waals surface area contributed by atoms with Gasteiger partial charge in [-0.1, -0.05) is 0 Å². The van der Waals surface area contributed by atoms with Crippen LogP contribution in [-0.2, 0) is 20.1 Å². The normalized spacial score (nSPS) is 12.4. The molecule has 1 aromatic rings. The second-order valence-electron chi connectivity index (χ2n) is 2.64. The van der Waals surface area contributed by atoms with Gasteiger partial charge >= 0.3 is 10.1 Å². The minimum atomic E-state index is -4.11. The number of primary sulfonamides is 1. The zero-order chi connectivity index (χ0) is 11.7. The largest absolute Gasteiger partial charge is 0.379 e. The number of hydrogen-bond donors (Lipinski definition) is 1. The fraction of sp³-hybridized carbons (Fsp3) is 0.167. The Hall–Kier alpha value is -1.19. The maximum Gasteiger partial charge on any atom is 0.306 e. The summed E-state index contributed by atoms with van der Waals surface area (Å²) in [5, 5.41) is 4.20. The van der Waals surface area contributed by atoms with E-state index in [1.807, 2.05) is 0 Å². The zero-order valence-electron chi connectivity index (χ0n) is 7.61. The van der Waals surface area contributed by atoms with Gasteiger partial charge in [0.05, 0.1) is 6.26 Å². The van der Waals surface area contributed by atoms with Crippen LogP contribution in [-0.4, -0.2) is 28.1 Å². The summed E-state index contributed by atoms with van der Waals surface area (Å²) in [6.45, 7) is 0. The van der Waals surface area contributed by atoms with Crippen molar-refractivity contribution in [1.29, 1.82) is 0 Å². The van der Waals surface area contributed by atoms with Crippen LogP contribution in [0, 0.1) is 0 Å². The molecule has 1 aromatic heterocycles. The lowest BCUT2D eigenvalue weighted by atomic mass is 10.5. The van der Waals surface area contributed by atoms with E-state index in [1.165, 1.54) is 6.07 Å². The lowest BCUT2D eigenvalue weighted by Crippen LogP contribution is -2.17. The molecule has 15 heavy (non-hydrogen) atoms. The van der Waals surface area contributed by atoms with Gasteiger partial charge in [0, 0.05) is 6.20 Å². The Morgan fingerprint density at radius 1 is 1.33 bits per heavy atom. The van der Waals surface area contributed by atoms with Crippen molar-refractivity contribution in [2.45, 2.75) is 5.03 Å². The molecule has 0 unspecified atom stereocenters. The summed E-state index contributed by atoms with van der Waals surface area (Å²) in [4.78, 5) is 3.43. The van der Waals surface area contributed by atoms with E-state index in [0.29, 0.717) is 0 Å². The topological polar surface area (TPSA) is 116 Å². The number of pyridine rings is 1. The third-order valence-corrected chi connectivity index (χ3v) is 2.57. The van der Waals surface area contributed by atoms with Crippen molar-refractivity contribution in [3.8, 4) is 5.75 Å². The molecule has 0 aliphatic carbocycles. The molecule has 84 valence electrons. The van der Waals surface area contributed by atoms with E-state index in [9.17, 15) is 16.8 Å². The maximum atomic E-state index is 11.0. The molecule has 2 N–H and O–H groups in total. The fourth-order valence-corrected chi connectivity index (χ4v) is 1.93. The first-order valence-corrected chi connectivity index (χ1v) is 6.94. The number of aromatic nitrogens is 1. The predicted molar refractivity (Wildman–Crippen MR) is 51.1 cm³/mol. The van der Waals surface area contributed by atoms with Crippen LogP contribution in [0.4, 0.5) is 0 Å². The van der Waals surface area contributed by atoms with E-state index in [1.54, 1.807) is 0 Å². The average Bonchev–Trinajstić information content (AvgIpc) is 1.99. The van der Waals surface area contributed by atoms with Gasteiger partial charge in [0.1, 0.15) is 0 Å². The molecule has 7 nitrogen and oxygen atoms in total. The molecule has 0 spiro atoms. The monoisotopic (exact) mass is 252 g/mol. The first-order chi connectivity index (χ1) is 6.70. The Balaban J connectivity index is 3.32. The number of nitrogens with zero attached hydrogens (tertiary/aromatic N) is 1. The van der Waals surface area contributed by atoms with Crippen LogP contribution in [0.25, 0.3) is 0 Å². The van der Waals surface area contributed by atoms with E-state index < -0.39 is 30.9 Å². The molecule has 0 bridgehead atoms. The minimum Gasteiger partial charge on any atom is -0.379 e. The smallest absolute Gasteiger partial charge is 0.306 e. The molecular weight excluding hydrogens is 244 g/mol. The Kier molecular flexibility index (Phi) is 2.98. The Morgan fingerprint density at radius 2 is 1.93 bits per heavy atom. The maximum absolute atomic E-state index is 11.0. The molecule has 0 amide bonds. The standard InChI is InChI=1S/C6H8N2O5S2/c1-14(9,10)13-5-3-2-4-8-6(5)15(7,11)12/h2-4H,1H3,(H2,7,11,12). The second-order valence-corrected chi connectivity index (χ2v) is 5.69. The number of hydrogen-bond acceptors (Lipinski definition) is 6. The molecule has 9 heteroatoms. The SMILES string of the molecule is CS(=O)(=O)Oc1cccnc1S(N)(=O)=O. The van der Waals surface area contributed by atoms with Crippen LogP contribution in [0.15, 0.2) is 23.4 Å². The lowest BCUT2D eigenvalue weighted by molar-refractivity contribution is 0.481. The predicted octanol–water partition coefficient (Wildman–Crippen LogP) is -0.933. The molecule has 1 rings (SSSR count). The van der Waals surface area contributed by atoms with Crippen LogP contribution in [0.2, 0.25) is 0 Å². The molecule has 0 aromatic carbocycles. The van der Waals surface area contributed by atoms with Crippen molar-refractivity contribution in [1.82, 2.24) is 4.98 Å². The van der Waals surface area contributed by atoms with Gasteiger partial charge in [0.25, 0.3) is 10.0 Å². The van der Waals surface area contributed by atoms with Crippen molar-refractivity contribution < 1.29 is 21.0 Å². The second kappa shape index (κ2) is 3.76. The van der Waals surface area contributed by atoms with Crippen molar-refractivity contribution in [2.75, 3.05) is 6.26 Å². The highest BCUT2D eigenvalue weighted by atomic mass is 32.2. The Labute approximate surface area is 87.1 Å². The molecule has 0 aliphatic heterocycles. The first-order valence-electron chi connectivity index (χ1n) is 3.57. The number of nitrogens with two attached hydrogens (primary N) is 1. The molecule has 0 fully saturated rings. The highest BCUT2D eigenvalue weighted by Gasteiger charge is 2.19. The van der Waals surface area contributed by atoms with Gasteiger partial charge in [-0.2, -0.15) is 8.42 Å². The van der Waals surface area contributed by atoms with E-state index in [2.05, 4.69) is 9.17 Å². The van der Waals surface area contributed by atoms with Gasteiger partial charge in [0.15, 0.2) is 5.75 Å². The van der Waals surface area contributed by atoms with Crippen LogP contribution in [0.3, 0.4) is 0 Å². The fourth-order valence-electron chi connectivity index (χ4n) is 0.816. The highest BCUT2D eigenvalue weighted by molar-refractivity contribution is 7.89. The van der Waals surface area contributed by atoms with E-state index in [0.717, 1.165) is 18.5 Å². The summed E-state index contributed by atoms with van der Waals surface area (Å²) in [6.07, 6.45) is 1.95. The van der Waals surface area contributed by atoms with Gasteiger partial charge in [0.2, 0.25) is 5.03 Å². The van der Waals surface area contributed by atoms with Crippen molar-refractivity contribution >= 4 is 20.1 Å². The van der Waals surface area contributed by atoms with E-state index in [4.69, 9.17) is 5.14 Å². The lowest BCUT2D eigenvalue weighted by Gasteiger charge is -2.05. The molecule has 0 radical (unpaired) electrons. The average molecular weight is 252 g/mol. The summed E-state index contributed by atoms with van der Waals surface area (Å²) in [7, 11) is -7.93. The van der Waals surface area contributed by atoms with Gasteiger partial charge < -0.3 is 4.18 Å². The van der Waals surface area contributed by atoms with E-state index >= 15 is 0 Å². The molecular formula is C6H8N2O5S2. The van der Waals surface area contributed by atoms with Crippen LogP contribution < -0.4 is 9.32 Å². The summed E-state index contributed by atoms with van der Waals surface area (Å²) in [5.74, 6) is -0.414.